The molecule has 0 radical (unpaired) electrons. The topological polar surface area (TPSA) is 102 Å². The van der Waals surface area contributed by atoms with E-state index in [1.165, 1.54) is 11.3 Å². The normalized spacial score (nSPS) is 28.6. The Morgan fingerprint density at radius 2 is 1.89 bits per heavy atom. The van der Waals surface area contributed by atoms with Gasteiger partial charge in [0.05, 0.1) is 36.2 Å². The minimum atomic E-state index is -1.00. The number of ether oxygens (including phenoxy) is 2. The first kappa shape index (κ1) is 18.4. The molecule has 1 aromatic rings. The molecule has 2 aliphatic heterocycles. The lowest BCUT2D eigenvalue weighted by Crippen LogP contribution is -2.41. The Morgan fingerprint density at radius 1 is 1.19 bits per heavy atom. The van der Waals surface area contributed by atoms with Crippen LogP contribution >= 0.6 is 11.3 Å². The van der Waals surface area contributed by atoms with Crippen molar-refractivity contribution in [1.29, 1.82) is 0 Å². The molecule has 146 valence electrons. The lowest BCUT2D eigenvalue weighted by Gasteiger charge is -2.23. The minimum absolute atomic E-state index is 0.262. The number of rotatable bonds is 5. The van der Waals surface area contributed by atoms with Crippen LogP contribution < -0.4 is 5.32 Å². The highest BCUT2D eigenvalue weighted by atomic mass is 32.1. The van der Waals surface area contributed by atoms with Crippen LogP contribution in [0.1, 0.15) is 53.4 Å². The second kappa shape index (κ2) is 7.24. The third kappa shape index (κ3) is 3.14. The van der Waals surface area contributed by atoms with Crippen molar-refractivity contribution >= 4 is 34.2 Å². The van der Waals surface area contributed by atoms with Crippen molar-refractivity contribution in [3.8, 4) is 0 Å². The molecular formula is C19H23NO6S. The van der Waals surface area contributed by atoms with Gasteiger partial charge in [0.25, 0.3) is 0 Å². The fourth-order valence-corrected chi connectivity index (χ4v) is 5.87. The van der Waals surface area contributed by atoms with Gasteiger partial charge in [0.2, 0.25) is 5.91 Å². The van der Waals surface area contributed by atoms with Crippen LogP contribution in [0.25, 0.3) is 0 Å². The number of esters is 1. The van der Waals surface area contributed by atoms with Gasteiger partial charge in [-0.05, 0) is 51.0 Å². The quantitative estimate of drug-likeness (QED) is 0.746. The fraction of sp³-hybridized carbons (Fsp3) is 0.632. The molecule has 27 heavy (non-hydrogen) atoms. The van der Waals surface area contributed by atoms with Crippen molar-refractivity contribution in [2.24, 2.45) is 11.8 Å². The zero-order valence-electron chi connectivity index (χ0n) is 15.2. The Kier molecular flexibility index (Phi) is 4.94. The average molecular weight is 393 g/mol. The number of fused-ring (bicyclic) bond motifs is 3. The molecule has 0 saturated carbocycles. The summed E-state index contributed by atoms with van der Waals surface area (Å²) in [5.74, 6) is -3.36. The van der Waals surface area contributed by atoms with E-state index in [-0.39, 0.29) is 18.6 Å². The Balaban J connectivity index is 1.62. The summed E-state index contributed by atoms with van der Waals surface area (Å²) in [6, 6.07) is 0. The third-order valence-electron chi connectivity index (χ3n) is 5.75. The van der Waals surface area contributed by atoms with E-state index in [2.05, 4.69) is 5.32 Å². The summed E-state index contributed by atoms with van der Waals surface area (Å²) in [6.07, 6.45) is 4.35. The molecule has 4 atom stereocenters. The summed E-state index contributed by atoms with van der Waals surface area (Å²) in [7, 11) is 0. The van der Waals surface area contributed by atoms with Crippen LogP contribution in [0.2, 0.25) is 0 Å². The molecule has 4 rings (SSSR count). The van der Waals surface area contributed by atoms with Gasteiger partial charge < -0.3 is 19.9 Å². The molecule has 1 aromatic heterocycles. The Bertz CT molecular complexity index is 787. The lowest BCUT2D eigenvalue weighted by atomic mass is 9.78. The van der Waals surface area contributed by atoms with Gasteiger partial charge >= 0.3 is 11.9 Å². The molecule has 3 heterocycles. The first-order valence-corrected chi connectivity index (χ1v) is 10.3. The number of carboxylic acids is 1. The first-order valence-electron chi connectivity index (χ1n) is 9.52. The zero-order valence-corrected chi connectivity index (χ0v) is 16.0. The van der Waals surface area contributed by atoms with E-state index in [1.54, 1.807) is 6.92 Å². The molecule has 2 fully saturated rings. The second-order valence-corrected chi connectivity index (χ2v) is 8.41. The summed E-state index contributed by atoms with van der Waals surface area (Å²) < 4.78 is 10.9. The molecule has 0 unspecified atom stereocenters. The van der Waals surface area contributed by atoms with Crippen molar-refractivity contribution in [2.45, 2.75) is 57.7 Å². The highest BCUT2D eigenvalue weighted by molar-refractivity contribution is 7.17. The monoisotopic (exact) mass is 393 g/mol. The predicted molar refractivity (Wildman–Crippen MR) is 98.1 cm³/mol. The Hall–Kier alpha value is -1.93. The largest absolute Gasteiger partial charge is 0.481 e. The summed E-state index contributed by atoms with van der Waals surface area (Å²) in [5.41, 5.74) is 1.42. The molecule has 2 bridgehead atoms. The number of hydrogen-bond donors (Lipinski definition) is 2. The van der Waals surface area contributed by atoms with Gasteiger partial charge in [-0.3, -0.25) is 9.59 Å². The molecule has 0 aromatic carbocycles. The summed E-state index contributed by atoms with van der Waals surface area (Å²) in [6.45, 7) is 2.01. The number of hydrogen-bond acceptors (Lipinski definition) is 6. The average Bonchev–Trinajstić information content (AvgIpc) is 3.33. The van der Waals surface area contributed by atoms with Crippen molar-refractivity contribution < 1.29 is 29.0 Å². The maximum absolute atomic E-state index is 13.0. The van der Waals surface area contributed by atoms with E-state index < -0.39 is 29.9 Å². The second-order valence-electron chi connectivity index (χ2n) is 7.30. The highest BCUT2D eigenvalue weighted by Gasteiger charge is 2.55. The van der Waals surface area contributed by atoms with Crippen molar-refractivity contribution in [3.05, 3.63) is 16.0 Å². The van der Waals surface area contributed by atoms with Gasteiger partial charge in [-0.1, -0.05) is 0 Å². The fourth-order valence-electron chi connectivity index (χ4n) is 4.59. The van der Waals surface area contributed by atoms with Gasteiger partial charge in [-0.2, -0.15) is 0 Å². The van der Waals surface area contributed by atoms with E-state index in [0.717, 1.165) is 36.1 Å². The zero-order chi connectivity index (χ0) is 19.1. The number of thiophene rings is 1. The molecular weight excluding hydrogens is 370 g/mol. The van der Waals surface area contributed by atoms with E-state index in [9.17, 15) is 19.5 Å². The maximum atomic E-state index is 13.0. The number of aryl methyl sites for hydroxylation is 1. The van der Waals surface area contributed by atoms with Gasteiger partial charge in [-0.25, -0.2) is 4.79 Å². The molecule has 3 aliphatic rings. The lowest BCUT2D eigenvalue weighted by molar-refractivity contribution is -0.147. The highest BCUT2D eigenvalue weighted by Crippen LogP contribution is 2.45. The van der Waals surface area contributed by atoms with Gasteiger partial charge in [0, 0.05) is 4.88 Å². The minimum Gasteiger partial charge on any atom is -0.481 e. The number of carbonyl (C=O) groups excluding carboxylic acids is 2. The number of anilines is 1. The number of carbonyl (C=O) groups is 3. The molecule has 0 spiro atoms. The number of aliphatic carboxylic acids is 1. The van der Waals surface area contributed by atoms with Crippen LogP contribution in [0.4, 0.5) is 5.00 Å². The molecule has 2 N–H and O–H groups in total. The van der Waals surface area contributed by atoms with Crippen LogP contribution in [-0.2, 0) is 31.9 Å². The van der Waals surface area contributed by atoms with E-state index in [0.29, 0.717) is 23.4 Å². The summed E-state index contributed by atoms with van der Waals surface area (Å²) in [4.78, 5) is 38.2. The van der Waals surface area contributed by atoms with Crippen molar-refractivity contribution in [1.82, 2.24) is 0 Å². The summed E-state index contributed by atoms with van der Waals surface area (Å²) in [5, 5.41) is 12.9. The predicted octanol–water partition coefficient (Wildman–Crippen LogP) is 2.62. The SMILES string of the molecule is CCOC(=O)c1c(NC(=O)[C@@H]2[C@@H](C(=O)O)[C@@H]3CC[C@H]2O3)sc2c1CCCC2. The van der Waals surface area contributed by atoms with Crippen LogP contribution in [0.5, 0.6) is 0 Å². The van der Waals surface area contributed by atoms with Crippen molar-refractivity contribution in [3.63, 3.8) is 0 Å². The Labute approximate surface area is 161 Å². The Morgan fingerprint density at radius 3 is 2.59 bits per heavy atom. The van der Waals surface area contributed by atoms with Crippen molar-refractivity contribution in [2.75, 3.05) is 11.9 Å². The van der Waals surface area contributed by atoms with Gasteiger partial charge in [0.1, 0.15) is 5.00 Å². The van der Waals surface area contributed by atoms with Crippen LogP contribution in [0.3, 0.4) is 0 Å². The van der Waals surface area contributed by atoms with Gasteiger partial charge in [0.15, 0.2) is 0 Å². The number of nitrogens with one attached hydrogen (secondary N) is 1. The standard InChI is InChI=1S/C19H23NO6S/c1-2-25-19(24)13-9-5-3-4-6-12(9)27-17(13)20-16(21)14-10-7-8-11(26-10)15(14)18(22)23/h10-11,14-15H,2-8H2,1H3,(H,20,21)(H,22,23)/t10-,11+,14+,15+/m1/s1. The number of carboxylic acid groups (broad SMARTS) is 1. The molecule has 7 nitrogen and oxygen atoms in total. The first-order chi connectivity index (χ1) is 13.0. The maximum Gasteiger partial charge on any atom is 0.341 e. The van der Waals surface area contributed by atoms with Crippen LogP contribution in [0, 0.1) is 11.8 Å². The molecule has 1 amide bonds. The van der Waals surface area contributed by atoms with E-state index in [1.807, 2.05) is 0 Å². The van der Waals surface area contributed by atoms with Crippen LogP contribution in [-0.4, -0.2) is 41.8 Å². The molecule has 8 heteroatoms. The molecule has 1 aliphatic carbocycles. The summed E-state index contributed by atoms with van der Waals surface area (Å²) >= 11 is 1.41. The van der Waals surface area contributed by atoms with Crippen LogP contribution in [0.15, 0.2) is 0 Å². The smallest absolute Gasteiger partial charge is 0.341 e. The van der Waals surface area contributed by atoms with E-state index >= 15 is 0 Å². The number of amides is 1. The van der Waals surface area contributed by atoms with E-state index in [4.69, 9.17) is 9.47 Å². The van der Waals surface area contributed by atoms with Gasteiger partial charge in [-0.15, -0.1) is 11.3 Å². The molecule has 2 saturated heterocycles. The third-order valence-corrected chi connectivity index (χ3v) is 6.96.